The Morgan fingerprint density at radius 2 is 0.809 bits per heavy atom. The van der Waals surface area contributed by atoms with Gasteiger partial charge in [0.1, 0.15) is 28.7 Å². The number of fused-ring (bicyclic) bond motifs is 5. The molecule has 0 saturated carbocycles. The van der Waals surface area contributed by atoms with Gasteiger partial charge in [0.05, 0.1) is 49.7 Å². The van der Waals surface area contributed by atoms with Gasteiger partial charge in [0.2, 0.25) is 0 Å². The Balaban J connectivity index is 0.000000334. The van der Waals surface area contributed by atoms with E-state index < -0.39 is 27.4 Å². The summed E-state index contributed by atoms with van der Waals surface area (Å²) < 4.78 is 53.4. The first-order valence-electron chi connectivity index (χ1n) is 44.9. The molecular formula is C112H122BrClF2MgN3O15S-. The van der Waals surface area contributed by atoms with Crippen molar-refractivity contribution in [1.82, 2.24) is 15.5 Å². The molecule has 3 aliphatic heterocycles. The van der Waals surface area contributed by atoms with E-state index in [1.54, 1.807) is 6.92 Å². The van der Waals surface area contributed by atoms with Crippen molar-refractivity contribution in [2.24, 2.45) is 0 Å². The van der Waals surface area contributed by atoms with Crippen LogP contribution in [0, 0.1) is 6.07 Å². The van der Waals surface area contributed by atoms with Crippen LogP contribution >= 0.6 is 12.4 Å². The molecule has 3 atom stereocenters. The van der Waals surface area contributed by atoms with E-state index in [-0.39, 0.29) is 106 Å². The molecule has 1 amide bonds. The van der Waals surface area contributed by atoms with Gasteiger partial charge >= 0.3 is 41.0 Å². The zero-order valence-corrected chi connectivity index (χ0v) is 81.6. The maximum Gasteiger partial charge on any atom is 2.00 e. The van der Waals surface area contributed by atoms with Gasteiger partial charge in [-0.3, -0.25) is 23.8 Å². The van der Waals surface area contributed by atoms with Crippen LogP contribution in [0.1, 0.15) is 143 Å². The molecule has 14 aromatic rings. The molecule has 0 bridgehead atoms. The molecule has 0 spiro atoms. The van der Waals surface area contributed by atoms with Crippen LogP contribution in [0.2, 0.25) is 0 Å². The van der Waals surface area contributed by atoms with Gasteiger partial charge in [-0.15, -0.1) is 29.2 Å². The van der Waals surface area contributed by atoms with E-state index in [2.05, 4.69) is 186 Å². The van der Waals surface area contributed by atoms with Crippen molar-refractivity contribution in [3.8, 4) is 33.8 Å². The second-order valence-electron chi connectivity index (χ2n) is 32.8. The van der Waals surface area contributed by atoms with Crippen LogP contribution in [0.3, 0.4) is 0 Å². The molecule has 24 heteroatoms. The molecule has 3 saturated heterocycles. The number of methoxy groups -OCH3 is 1. The molecule has 3 aliphatic rings. The first-order chi connectivity index (χ1) is 63.6. The number of hydrogen-bond acceptors (Lipinski definition) is 17. The Kier molecular flexibility index (Phi) is 45.8. The van der Waals surface area contributed by atoms with Crippen molar-refractivity contribution in [2.75, 3.05) is 59.4 Å². The maximum absolute atomic E-state index is 14.3. The number of ketones is 1. The molecule has 0 aromatic heterocycles. The topological polar surface area (TPSA) is 256 Å². The first kappa shape index (κ1) is 111. The number of nitrogens with zero attached hydrogens (tertiary/aromatic N) is 1. The number of hydrogen-bond donors (Lipinski definition) is 4. The monoisotopic (exact) mass is 1960 g/mol. The number of benzene rings is 14. The molecule has 712 valence electrons. The number of aliphatic hydroxyl groups is 2. The Labute approximate surface area is 832 Å². The molecule has 14 aromatic carbocycles. The summed E-state index contributed by atoms with van der Waals surface area (Å²) in [5.74, 6) is 0.773. The molecule has 0 unspecified atom stereocenters. The van der Waals surface area contributed by atoms with Crippen LogP contribution in [0.5, 0.6) is 11.5 Å². The summed E-state index contributed by atoms with van der Waals surface area (Å²) >= 11 is 0. The molecule has 3 fully saturated rings. The van der Waals surface area contributed by atoms with Crippen molar-refractivity contribution in [1.29, 1.82) is 0 Å². The van der Waals surface area contributed by atoms with Gasteiger partial charge < -0.3 is 71.0 Å². The van der Waals surface area contributed by atoms with Crippen LogP contribution in [0.25, 0.3) is 76.1 Å². The van der Waals surface area contributed by atoms with Crippen molar-refractivity contribution >= 4 is 129 Å². The second kappa shape index (κ2) is 56.0. The van der Waals surface area contributed by atoms with Gasteiger partial charge in [0.25, 0.3) is 5.91 Å². The average Bonchev–Trinajstić information content (AvgIpc) is 1.42. The predicted octanol–water partition coefficient (Wildman–Crippen LogP) is 19.6. The maximum atomic E-state index is 14.3. The largest absolute Gasteiger partial charge is 2.00 e. The first-order valence-corrected chi connectivity index (χ1v) is 46.7. The van der Waals surface area contributed by atoms with Crippen LogP contribution in [0.4, 0.5) is 9.41 Å². The molecule has 0 aliphatic carbocycles. The number of rotatable bonds is 29. The van der Waals surface area contributed by atoms with E-state index in [9.17, 15) is 34.2 Å². The minimum absolute atomic E-state index is 0. The molecule has 3 heterocycles. The normalized spacial score (nSPS) is 14.0. The minimum atomic E-state index is -3.92. The molecule has 4 N–H and O–H groups in total. The van der Waals surface area contributed by atoms with Gasteiger partial charge in [0.15, 0.2) is 5.78 Å². The third-order valence-electron chi connectivity index (χ3n) is 23.7. The zero-order chi connectivity index (χ0) is 92.4. The zero-order valence-electron chi connectivity index (χ0n) is 77.0. The fourth-order valence-electron chi connectivity index (χ4n) is 16.7. The SMILES string of the molecule is C=CC(=O)OCCCCCCOc1ccc(-c2ccc(C(=O)N3CCC[C@H]3C(O)(c3ccc4ccccc4c3)c3ccc4ccccc4c3)cc2)cc1.C=CC(=O)OCCCCCCOc1ccc(-c2ccc(C(C)=O)cc2)cc1.COC(=O)[C@@H]1CCCN1.CS(=O)(=O)[O-].Cl.F.F.OC(c1ccc2ccccc2c1)(c1ccc2ccccc2c1)[C@@H]1CCCN1.[3HH].[3HH].[Br-].[Mg+2].[c-]1ccc2ccccc2c1. The van der Waals surface area contributed by atoms with E-state index in [1.807, 2.05) is 163 Å². The van der Waals surface area contributed by atoms with Crippen molar-refractivity contribution in [3.63, 3.8) is 0 Å². The Morgan fingerprint density at radius 3 is 1.16 bits per heavy atom. The Bertz CT molecular complexity index is 6070. The van der Waals surface area contributed by atoms with Gasteiger partial charge in [-0.2, -0.15) is 24.3 Å². The summed E-state index contributed by atoms with van der Waals surface area (Å²) in [6.07, 6.45) is 16.1. The summed E-state index contributed by atoms with van der Waals surface area (Å²) in [6, 6.07) is 106. The molecule has 136 heavy (non-hydrogen) atoms. The van der Waals surface area contributed by atoms with E-state index in [4.69, 9.17) is 31.9 Å². The standard InChI is InChI=1S/C47H45NO5.C25H23NO.C23H26O4.C10H7.C6H11NO2.CH4O3S.BrH.ClH.2FH.Mg.2H2/c1-2-45(49)53-31-10-4-3-9-30-52-43-27-23-37(24-28-43)36-17-19-38(20-18-36)46(50)48-29-11-16-44(48)47(51,41-25-21-34-12-5-7-14-39(34)32-41)42-26-22-35-13-6-8-15-40(35)33-42;27-25(24-10-5-15-26-24,22-13-11-18-6-1-3-8-20(18)16-22)23-14-12-19-7-2-4-9-21(19)17-23;1-3-23(25)27-17-7-5-4-6-16-26-22-14-12-21(13-15-22)20-10-8-19(9-11-20)18(2)24;1-2-6-10-8-4-3-7-9(10)5-1;1-9-6(8)5-3-2-4-7-5;1-5(2,3)4;;;;;;;/h2,5-8,12-15,17-28,32-33,44,51H,1,3-4,9-11,16,29-31H2;1-4,6-9,11-14,16-17,24,26-27H,5,10,15H2;3,8-15H,1,4-7,16-17H2,2H3;1-3,5-8H;5,7H,2-4H2,1H3;1H3,(H,2,3,4);4*1H;;2*1H/q;;;-1;;;;;;;+2;;/p-2/t44-;24-;;;5-;;;;;;;;/m00..0......../s1/i;;;;;;;;;;;2*1+2. The van der Waals surface area contributed by atoms with Crippen molar-refractivity contribution in [3.05, 3.63) is 374 Å². The second-order valence-corrected chi connectivity index (χ2v) is 34.2. The summed E-state index contributed by atoms with van der Waals surface area (Å²) in [7, 11) is -2.50. The van der Waals surface area contributed by atoms with Crippen LogP contribution in [0.15, 0.2) is 335 Å². The molecule has 18 nitrogen and oxygen atoms in total. The van der Waals surface area contributed by atoms with Gasteiger partial charge in [-0.1, -0.05) is 238 Å². The molecule has 17 rings (SSSR count). The van der Waals surface area contributed by atoms with Crippen LogP contribution in [-0.4, -0.2) is 158 Å². The number of Topliss-reactive ketones (excluding diaryl/α,β-unsaturated/α-hetero) is 1. The summed E-state index contributed by atoms with van der Waals surface area (Å²) in [5, 5.41) is 43.3. The molecular weight excluding hydrogens is 1840 g/mol. The van der Waals surface area contributed by atoms with Crippen molar-refractivity contribution < 1.29 is 100 Å². The average molecular weight is 1960 g/mol. The van der Waals surface area contributed by atoms with E-state index >= 15 is 0 Å². The van der Waals surface area contributed by atoms with Gasteiger partial charge in [0, 0.05) is 45.0 Å². The fourth-order valence-corrected chi connectivity index (χ4v) is 16.7. The van der Waals surface area contributed by atoms with Crippen LogP contribution < -0.4 is 37.1 Å². The summed E-state index contributed by atoms with van der Waals surface area (Å²) in [5.41, 5.74) is 6.51. The van der Waals surface area contributed by atoms with E-state index in [0.717, 1.165) is 190 Å². The molecule has 0 radical (unpaired) electrons. The Hall–Kier alpha value is -11.8. The predicted molar refractivity (Wildman–Crippen MR) is 545 cm³/mol. The number of nitrogens with one attached hydrogen (secondary N) is 2. The quantitative estimate of drug-likeness (QED) is 0.00497. The number of esters is 3. The van der Waals surface area contributed by atoms with Crippen LogP contribution in [-0.2, 0) is 49.9 Å². The number of halogens is 4. The fraction of sp³-hybridized carbons (Fsp3) is 0.259. The summed E-state index contributed by atoms with van der Waals surface area (Å²) in [6.45, 7) is 12.9. The number of unbranched alkanes of at least 4 members (excludes halogenated alkanes) is 6. The van der Waals surface area contributed by atoms with Gasteiger partial charge in [-0.25, -0.2) is 18.0 Å². The Morgan fingerprint density at radius 1 is 0.463 bits per heavy atom. The third-order valence-corrected chi connectivity index (χ3v) is 23.7. The van der Waals surface area contributed by atoms with E-state index in [0.29, 0.717) is 51.2 Å². The van der Waals surface area contributed by atoms with Gasteiger partial charge in [-0.05, 0) is 258 Å². The smallest absolute Gasteiger partial charge is 1.00 e. The minimum Gasteiger partial charge on any atom is -1.00 e. The number of ether oxygens (including phenoxy) is 5. The number of carbonyl (C=O) groups excluding carboxylic acids is 5. The van der Waals surface area contributed by atoms with Crippen molar-refractivity contribution in [2.45, 2.75) is 126 Å². The third kappa shape index (κ3) is 31.6. The van der Waals surface area contributed by atoms with E-state index in [1.165, 1.54) is 40.8 Å². The number of likely N-dealkylation sites (tertiary alicyclic amines) is 1. The number of carbonyl (C=O) groups is 5. The summed E-state index contributed by atoms with van der Waals surface area (Å²) in [4.78, 5) is 60.2. The number of amides is 1.